The average Bonchev–Trinajstić information content (AvgIpc) is 2.54. The minimum atomic E-state index is -1.13. The fourth-order valence-electron chi connectivity index (χ4n) is 1.68. The van der Waals surface area contributed by atoms with Crippen LogP contribution in [0, 0.1) is 0 Å². The molecule has 1 unspecified atom stereocenters. The number of carbonyl (C=O) groups is 2. The normalized spacial score (nSPS) is 12.1. The second-order valence-electron chi connectivity index (χ2n) is 4.03. The van der Waals surface area contributed by atoms with Crippen LogP contribution in [0.1, 0.15) is 6.93 Å². The monoisotopic (exact) mass is 270 g/mol. The number of anilines is 1. The number of para-hydroxylation sites is 1. The molecule has 0 fully saturated rings. The molecule has 2 aromatic rings. The number of hydrogen-bond acceptors (Lipinski definition) is 3. The number of aldehydes is 1. The van der Waals surface area contributed by atoms with Gasteiger partial charge in [0.25, 0.3) is 0 Å². The Labute approximate surface area is 119 Å². The lowest BCUT2D eigenvalue weighted by atomic mass is 10.2. The maximum absolute atomic E-state index is 12.1. The zero-order valence-corrected chi connectivity index (χ0v) is 10.8. The summed E-state index contributed by atoms with van der Waals surface area (Å²) in [6.45, 7) is -1.25. The van der Waals surface area contributed by atoms with Crippen LogP contribution in [0.15, 0.2) is 60.7 Å². The number of amides is 1. The van der Waals surface area contributed by atoms with E-state index in [1.54, 1.807) is 48.5 Å². The Morgan fingerprint density at radius 1 is 1.10 bits per heavy atom. The van der Waals surface area contributed by atoms with E-state index in [1.165, 1.54) is 4.90 Å². The lowest BCUT2D eigenvalue weighted by Crippen LogP contribution is -2.33. The molecular formula is C16H15NO3. The Kier molecular flexibility index (Phi) is 4.40. The van der Waals surface area contributed by atoms with E-state index in [1.807, 2.05) is 12.1 Å². The molecule has 2 aromatic carbocycles. The van der Waals surface area contributed by atoms with Gasteiger partial charge in [0.1, 0.15) is 12.9 Å². The molecule has 0 saturated carbocycles. The third kappa shape index (κ3) is 3.68. The lowest BCUT2D eigenvalue weighted by Gasteiger charge is -2.19. The maximum Gasteiger partial charge on any atom is 0.415 e. The van der Waals surface area contributed by atoms with Crippen LogP contribution in [0.5, 0.6) is 0 Å². The van der Waals surface area contributed by atoms with E-state index < -0.39 is 12.7 Å². The smallest absolute Gasteiger partial charge is 0.415 e. The average molecular weight is 270 g/mol. The zero-order valence-electron chi connectivity index (χ0n) is 11.8. The molecular weight excluding hydrogens is 254 g/mol. The van der Waals surface area contributed by atoms with Gasteiger partial charge in [-0.3, -0.25) is 4.90 Å². The van der Waals surface area contributed by atoms with Gasteiger partial charge in [0, 0.05) is 5.69 Å². The summed E-state index contributed by atoms with van der Waals surface area (Å²) in [7, 11) is 0. The van der Waals surface area contributed by atoms with Crippen molar-refractivity contribution >= 4 is 18.1 Å². The number of ether oxygens (including phenoxy) is 1. The van der Waals surface area contributed by atoms with E-state index in [4.69, 9.17) is 6.11 Å². The van der Waals surface area contributed by atoms with Crippen LogP contribution in [-0.4, -0.2) is 18.9 Å². The van der Waals surface area contributed by atoms with E-state index in [0.29, 0.717) is 17.5 Å². The quantitative estimate of drug-likeness (QED) is 0.784. The molecule has 0 spiro atoms. The molecule has 2 rings (SSSR count). The first kappa shape index (κ1) is 12.4. The molecule has 0 aliphatic rings. The molecule has 0 bridgehead atoms. The van der Waals surface area contributed by atoms with E-state index in [9.17, 15) is 9.59 Å². The van der Waals surface area contributed by atoms with Gasteiger partial charge in [-0.2, -0.15) is 0 Å². The van der Waals surface area contributed by atoms with E-state index in [0.717, 1.165) is 0 Å². The molecule has 0 heterocycles. The standard InChI is InChI=1S/C16H15NO3/c18-12-11-17(15-9-5-2-6-10-15)16(19)20-13-14-7-3-1-4-8-14/h1-10,12H,11,13H2/i13D. The molecule has 102 valence electrons. The maximum atomic E-state index is 12.1. The van der Waals surface area contributed by atoms with Gasteiger partial charge in [-0.1, -0.05) is 48.5 Å². The largest absolute Gasteiger partial charge is 0.444 e. The van der Waals surface area contributed by atoms with Crippen LogP contribution >= 0.6 is 0 Å². The number of nitrogens with zero attached hydrogens (tertiary/aromatic N) is 1. The Morgan fingerprint density at radius 3 is 2.30 bits per heavy atom. The summed E-state index contributed by atoms with van der Waals surface area (Å²) in [5, 5.41) is 0. The lowest BCUT2D eigenvalue weighted by molar-refractivity contribution is -0.106. The minimum Gasteiger partial charge on any atom is -0.444 e. The van der Waals surface area contributed by atoms with Crippen LogP contribution < -0.4 is 4.90 Å². The molecule has 1 atom stereocenters. The van der Waals surface area contributed by atoms with Gasteiger partial charge < -0.3 is 9.53 Å². The highest BCUT2D eigenvalue weighted by molar-refractivity contribution is 5.90. The van der Waals surface area contributed by atoms with E-state index in [2.05, 4.69) is 0 Å². The number of hydrogen-bond donors (Lipinski definition) is 0. The predicted molar refractivity (Wildman–Crippen MR) is 76.5 cm³/mol. The van der Waals surface area contributed by atoms with Crippen molar-refractivity contribution in [3.8, 4) is 0 Å². The first-order valence-corrected chi connectivity index (χ1v) is 6.16. The first-order chi connectivity index (χ1) is 10.2. The highest BCUT2D eigenvalue weighted by Crippen LogP contribution is 2.14. The summed E-state index contributed by atoms with van der Waals surface area (Å²) in [6.07, 6.45) is -0.104. The van der Waals surface area contributed by atoms with Gasteiger partial charge in [0.15, 0.2) is 0 Å². The summed E-state index contributed by atoms with van der Waals surface area (Å²) in [6, 6.07) is 17.5. The second kappa shape index (κ2) is 7.09. The molecule has 20 heavy (non-hydrogen) atoms. The van der Waals surface area contributed by atoms with Crippen molar-refractivity contribution in [2.45, 2.75) is 6.58 Å². The molecule has 0 aromatic heterocycles. The van der Waals surface area contributed by atoms with E-state index in [-0.39, 0.29) is 6.54 Å². The topological polar surface area (TPSA) is 46.6 Å². The van der Waals surface area contributed by atoms with Crippen molar-refractivity contribution in [1.29, 1.82) is 0 Å². The van der Waals surface area contributed by atoms with Crippen molar-refractivity contribution in [2.24, 2.45) is 0 Å². The molecule has 4 heteroatoms. The SMILES string of the molecule is [2H]C(OC(=O)N(CC=O)c1ccccc1)c1ccccc1. The highest BCUT2D eigenvalue weighted by Gasteiger charge is 2.16. The van der Waals surface area contributed by atoms with Crippen LogP contribution in [0.2, 0.25) is 0 Å². The first-order valence-electron chi connectivity index (χ1n) is 6.74. The van der Waals surface area contributed by atoms with Gasteiger partial charge in [0.2, 0.25) is 0 Å². The number of benzene rings is 2. The van der Waals surface area contributed by atoms with Gasteiger partial charge in [0.05, 0.1) is 7.92 Å². The number of rotatable bonds is 5. The third-order valence-electron chi connectivity index (χ3n) is 2.64. The zero-order chi connectivity index (χ0) is 15.1. The third-order valence-corrected chi connectivity index (χ3v) is 2.64. The summed E-state index contributed by atoms with van der Waals surface area (Å²) < 4.78 is 13.0. The highest BCUT2D eigenvalue weighted by atomic mass is 16.6. The molecule has 0 aliphatic heterocycles. The van der Waals surface area contributed by atoms with Crippen LogP contribution in [0.3, 0.4) is 0 Å². The fourth-order valence-corrected chi connectivity index (χ4v) is 1.68. The number of carbonyl (C=O) groups excluding carboxylic acids is 2. The fraction of sp³-hybridized carbons (Fsp3) is 0.125. The van der Waals surface area contributed by atoms with Crippen molar-refractivity contribution in [3.05, 3.63) is 66.2 Å². The Hall–Kier alpha value is -2.62. The molecule has 0 N–H and O–H groups in total. The molecule has 0 radical (unpaired) electrons. The van der Waals surface area contributed by atoms with Crippen molar-refractivity contribution in [3.63, 3.8) is 0 Å². The summed E-state index contributed by atoms with van der Waals surface area (Å²) in [5.41, 5.74) is 1.12. The minimum absolute atomic E-state index is 0.121. The second-order valence-corrected chi connectivity index (χ2v) is 4.03. The van der Waals surface area contributed by atoms with Gasteiger partial charge in [-0.25, -0.2) is 4.79 Å². The molecule has 1 amide bonds. The van der Waals surface area contributed by atoms with Gasteiger partial charge in [-0.15, -0.1) is 0 Å². The van der Waals surface area contributed by atoms with Crippen LogP contribution in [0.25, 0.3) is 0 Å². The van der Waals surface area contributed by atoms with Crippen molar-refractivity contribution in [1.82, 2.24) is 0 Å². The van der Waals surface area contributed by atoms with E-state index >= 15 is 0 Å². The van der Waals surface area contributed by atoms with Crippen LogP contribution in [-0.2, 0) is 16.1 Å². The Bertz CT molecular complexity index is 589. The van der Waals surface area contributed by atoms with Crippen LogP contribution in [0.4, 0.5) is 10.5 Å². The summed E-state index contributed by atoms with van der Waals surface area (Å²) in [4.78, 5) is 24.1. The molecule has 0 aliphatic carbocycles. The van der Waals surface area contributed by atoms with Gasteiger partial charge >= 0.3 is 6.09 Å². The van der Waals surface area contributed by atoms with Crippen molar-refractivity contribution in [2.75, 3.05) is 11.4 Å². The summed E-state index contributed by atoms with van der Waals surface area (Å²) >= 11 is 0. The summed E-state index contributed by atoms with van der Waals surface area (Å²) in [5.74, 6) is 0. The predicted octanol–water partition coefficient (Wildman–Crippen LogP) is 3.03. The molecule has 4 nitrogen and oxygen atoms in total. The molecule has 0 saturated heterocycles. The Balaban J connectivity index is 2.11. The van der Waals surface area contributed by atoms with Gasteiger partial charge in [-0.05, 0) is 17.7 Å². The van der Waals surface area contributed by atoms with Crippen molar-refractivity contribution < 1.29 is 15.7 Å². The Morgan fingerprint density at radius 2 is 1.70 bits per heavy atom.